The molecule has 0 aliphatic heterocycles. The molecule has 2 unspecified atom stereocenters. The standard InChI is InChI=1S/C11H20NO5P/c1-5-9(16-10(13)8(3)4)7-12(6-2)11(14)17-18-15/h9H,3,5-7,18H2,1-2,4H3. The highest BCUT2D eigenvalue weighted by molar-refractivity contribution is 7.18. The molecule has 0 heterocycles. The predicted octanol–water partition coefficient (Wildman–Crippen LogP) is 2.01. The molecule has 0 spiro atoms. The molecule has 0 rings (SSSR count). The molecular formula is C11H20NO5P. The van der Waals surface area contributed by atoms with Crippen molar-refractivity contribution in [1.29, 1.82) is 0 Å². The molecule has 0 fully saturated rings. The van der Waals surface area contributed by atoms with Crippen LogP contribution in [-0.2, 0) is 18.6 Å². The first kappa shape index (κ1) is 16.7. The molecule has 6 nitrogen and oxygen atoms in total. The summed E-state index contributed by atoms with van der Waals surface area (Å²) in [5.41, 5.74) is 0.308. The van der Waals surface area contributed by atoms with Crippen molar-refractivity contribution in [2.75, 3.05) is 13.1 Å². The Kier molecular flexibility index (Phi) is 8.12. The minimum atomic E-state index is -1.58. The quantitative estimate of drug-likeness (QED) is 0.404. The molecule has 0 bridgehead atoms. The van der Waals surface area contributed by atoms with Crippen LogP contribution in [0.25, 0.3) is 0 Å². The van der Waals surface area contributed by atoms with E-state index in [4.69, 9.17) is 4.74 Å². The molecular weight excluding hydrogens is 257 g/mol. The smallest absolute Gasteiger partial charge is 0.414 e. The van der Waals surface area contributed by atoms with Gasteiger partial charge in [0.1, 0.15) is 6.10 Å². The number of nitrogens with zero attached hydrogens (tertiary/aromatic N) is 1. The third kappa shape index (κ3) is 5.87. The van der Waals surface area contributed by atoms with Gasteiger partial charge >= 0.3 is 12.1 Å². The Balaban J connectivity index is 4.48. The molecule has 0 aromatic rings. The third-order valence-electron chi connectivity index (χ3n) is 2.29. The fourth-order valence-corrected chi connectivity index (χ4v) is 1.43. The zero-order valence-electron chi connectivity index (χ0n) is 11.0. The van der Waals surface area contributed by atoms with Crippen molar-refractivity contribution >= 4 is 20.7 Å². The van der Waals surface area contributed by atoms with Crippen LogP contribution in [0.1, 0.15) is 27.2 Å². The van der Waals surface area contributed by atoms with Crippen LogP contribution in [0, 0.1) is 0 Å². The van der Waals surface area contributed by atoms with Gasteiger partial charge in [-0.1, -0.05) is 13.5 Å². The molecule has 18 heavy (non-hydrogen) atoms. The fourth-order valence-electron chi connectivity index (χ4n) is 1.20. The maximum absolute atomic E-state index is 11.4. The first-order valence-corrected chi connectivity index (χ1v) is 6.66. The molecule has 0 radical (unpaired) electrons. The molecule has 7 heteroatoms. The van der Waals surface area contributed by atoms with Crippen LogP contribution < -0.4 is 0 Å². The van der Waals surface area contributed by atoms with Crippen LogP contribution in [0.3, 0.4) is 0 Å². The van der Waals surface area contributed by atoms with Crippen LogP contribution in [0.15, 0.2) is 12.2 Å². The van der Waals surface area contributed by atoms with Gasteiger partial charge in [0.2, 0.25) is 8.69 Å². The lowest BCUT2D eigenvalue weighted by Gasteiger charge is -2.24. The highest BCUT2D eigenvalue weighted by Gasteiger charge is 2.20. The van der Waals surface area contributed by atoms with Crippen LogP contribution in [-0.4, -0.2) is 36.2 Å². The molecule has 0 saturated carbocycles. The second-order valence-corrected chi connectivity index (χ2v) is 4.16. The number of hydrogen-bond acceptors (Lipinski definition) is 5. The lowest BCUT2D eigenvalue weighted by atomic mass is 10.2. The lowest BCUT2D eigenvalue weighted by molar-refractivity contribution is -0.145. The first-order chi connectivity index (χ1) is 8.46. The largest absolute Gasteiger partial charge is 0.457 e. The maximum Gasteiger partial charge on any atom is 0.414 e. The fraction of sp³-hybridized carbons (Fsp3) is 0.636. The number of likely N-dealkylation sites (N-methyl/N-ethyl adjacent to an activating group) is 1. The Labute approximate surface area is 108 Å². The molecule has 0 aromatic carbocycles. The van der Waals surface area contributed by atoms with Gasteiger partial charge in [-0.3, -0.25) is 4.57 Å². The minimum Gasteiger partial charge on any atom is -0.457 e. The van der Waals surface area contributed by atoms with Gasteiger partial charge in [-0.05, 0) is 20.3 Å². The third-order valence-corrected chi connectivity index (χ3v) is 2.59. The van der Waals surface area contributed by atoms with Gasteiger partial charge in [0.25, 0.3) is 0 Å². The van der Waals surface area contributed by atoms with Gasteiger partial charge < -0.3 is 14.2 Å². The maximum atomic E-state index is 11.4. The van der Waals surface area contributed by atoms with Crippen LogP contribution in [0.2, 0.25) is 0 Å². The number of rotatable bonds is 7. The molecule has 0 aliphatic carbocycles. The van der Waals surface area contributed by atoms with Crippen molar-refractivity contribution in [3.05, 3.63) is 12.2 Å². The van der Waals surface area contributed by atoms with Gasteiger partial charge in [0.15, 0.2) is 0 Å². The molecule has 0 saturated heterocycles. The van der Waals surface area contributed by atoms with Gasteiger partial charge in [0.05, 0.1) is 6.54 Å². The van der Waals surface area contributed by atoms with Crippen molar-refractivity contribution in [3.63, 3.8) is 0 Å². The number of esters is 1. The van der Waals surface area contributed by atoms with Crippen molar-refractivity contribution < 1.29 is 23.4 Å². The molecule has 2 atom stereocenters. The normalized spacial score (nSPS) is 12.2. The van der Waals surface area contributed by atoms with Crippen LogP contribution >= 0.6 is 8.69 Å². The molecule has 0 N–H and O–H groups in total. The highest BCUT2D eigenvalue weighted by Crippen LogP contribution is 2.08. The van der Waals surface area contributed by atoms with Gasteiger partial charge in [-0.25, -0.2) is 9.59 Å². The Bertz CT molecular complexity index is 331. The Hall–Kier alpha value is -1.29. The van der Waals surface area contributed by atoms with E-state index >= 15 is 0 Å². The van der Waals surface area contributed by atoms with Crippen LogP contribution in [0.5, 0.6) is 0 Å². The zero-order valence-corrected chi connectivity index (χ0v) is 12.1. The summed E-state index contributed by atoms with van der Waals surface area (Å²) in [4.78, 5) is 24.1. The van der Waals surface area contributed by atoms with E-state index in [2.05, 4.69) is 11.1 Å². The molecule has 0 aliphatic rings. The zero-order chi connectivity index (χ0) is 14.1. The average Bonchev–Trinajstić information content (AvgIpc) is 2.33. The van der Waals surface area contributed by atoms with Crippen molar-refractivity contribution in [3.8, 4) is 0 Å². The topological polar surface area (TPSA) is 72.9 Å². The molecule has 0 aromatic heterocycles. The second kappa shape index (κ2) is 8.75. The van der Waals surface area contributed by atoms with Crippen LogP contribution in [0.4, 0.5) is 4.79 Å². The lowest BCUT2D eigenvalue weighted by Crippen LogP contribution is -2.38. The van der Waals surface area contributed by atoms with E-state index in [1.165, 1.54) is 4.90 Å². The highest BCUT2D eigenvalue weighted by atomic mass is 31.1. The van der Waals surface area contributed by atoms with E-state index < -0.39 is 26.9 Å². The van der Waals surface area contributed by atoms with E-state index in [1.54, 1.807) is 13.8 Å². The second-order valence-electron chi connectivity index (χ2n) is 3.73. The number of ether oxygens (including phenoxy) is 1. The number of carbonyl (C=O) groups is 2. The van der Waals surface area contributed by atoms with Gasteiger partial charge in [-0.15, -0.1) is 0 Å². The Morgan fingerprint density at radius 1 is 1.39 bits per heavy atom. The Morgan fingerprint density at radius 2 is 2.00 bits per heavy atom. The summed E-state index contributed by atoms with van der Waals surface area (Å²) in [6, 6.07) is 0. The summed E-state index contributed by atoms with van der Waals surface area (Å²) in [6.45, 7) is 9.25. The van der Waals surface area contributed by atoms with Gasteiger partial charge in [-0.2, -0.15) is 0 Å². The number of hydrogen-bond donors (Lipinski definition) is 0. The SMILES string of the molecule is C=C(C)C(=O)OC(CC)CN(CC)C(=O)O[PH2]=O. The van der Waals surface area contributed by atoms with Crippen molar-refractivity contribution in [2.45, 2.75) is 33.3 Å². The number of amides is 1. The van der Waals surface area contributed by atoms with Crippen molar-refractivity contribution in [1.82, 2.24) is 4.90 Å². The minimum absolute atomic E-state index is 0.213. The van der Waals surface area contributed by atoms with E-state index in [0.29, 0.717) is 18.5 Å². The first-order valence-electron chi connectivity index (χ1n) is 5.71. The summed E-state index contributed by atoms with van der Waals surface area (Å²) in [6.07, 6.45) is -0.525. The summed E-state index contributed by atoms with van der Waals surface area (Å²) >= 11 is 0. The van der Waals surface area contributed by atoms with E-state index in [0.717, 1.165) is 0 Å². The number of carbonyl (C=O) groups excluding carboxylic acids is 2. The van der Waals surface area contributed by atoms with Crippen molar-refractivity contribution in [2.24, 2.45) is 0 Å². The van der Waals surface area contributed by atoms with E-state index in [9.17, 15) is 14.2 Å². The summed E-state index contributed by atoms with van der Waals surface area (Å²) in [5.74, 6) is -0.485. The van der Waals surface area contributed by atoms with Gasteiger partial charge in [0, 0.05) is 12.1 Å². The van der Waals surface area contributed by atoms with E-state index in [1.807, 2.05) is 6.92 Å². The Morgan fingerprint density at radius 3 is 2.39 bits per heavy atom. The predicted molar refractivity (Wildman–Crippen MR) is 69.1 cm³/mol. The summed E-state index contributed by atoms with van der Waals surface area (Å²) in [5, 5.41) is 0. The summed E-state index contributed by atoms with van der Waals surface area (Å²) in [7, 11) is -1.58. The monoisotopic (exact) mass is 277 g/mol. The van der Waals surface area contributed by atoms with E-state index in [-0.39, 0.29) is 6.54 Å². The average molecular weight is 277 g/mol. The molecule has 1 amide bonds. The summed E-state index contributed by atoms with van der Waals surface area (Å²) < 4.78 is 19.9. The molecule has 104 valence electrons.